The van der Waals surface area contributed by atoms with E-state index < -0.39 is 0 Å². The van der Waals surface area contributed by atoms with Gasteiger partial charge in [-0.3, -0.25) is 4.79 Å². The van der Waals surface area contributed by atoms with E-state index in [4.69, 9.17) is 16.3 Å². The molecule has 1 amide bonds. The third-order valence-electron chi connectivity index (χ3n) is 3.54. The zero-order valence-corrected chi connectivity index (χ0v) is 15.7. The smallest absolute Gasteiger partial charge is 0.234 e. The van der Waals surface area contributed by atoms with Crippen molar-refractivity contribution >= 4 is 35.0 Å². The van der Waals surface area contributed by atoms with Crippen LogP contribution in [0.15, 0.2) is 47.6 Å². The van der Waals surface area contributed by atoms with E-state index in [9.17, 15) is 4.79 Å². The summed E-state index contributed by atoms with van der Waals surface area (Å²) >= 11 is 7.30. The van der Waals surface area contributed by atoms with Crippen LogP contribution in [-0.4, -0.2) is 39.0 Å². The zero-order valence-electron chi connectivity index (χ0n) is 14.1. The van der Waals surface area contributed by atoms with Crippen LogP contribution >= 0.6 is 23.4 Å². The van der Waals surface area contributed by atoms with Crippen LogP contribution in [0.2, 0.25) is 5.02 Å². The Bertz CT molecular complexity index is 931. The van der Waals surface area contributed by atoms with E-state index in [1.54, 1.807) is 17.9 Å². The summed E-state index contributed by atoms with van der Waals surface area (Å²) in [6.07, 6.45) is 0. The number of aromatic nitrogens is 4. The number of benzene rings is 2. The summed E-state index contributed by atoms with van der Waals surface area (Å²) in [5.74, 6) is 0.617. The van der Waals surface area contributed by atoms with Gasteiger partial charge in [0, 0.05) is 10.7 Å². The predicted octanol–water partition coefficient (Wildman–Crippen LogP) is 3.36. The molecule has 0 aliphatic rings. The second-order valence-electron chi connectivity index (χ2n) is 5.35. The van der Waals surface area contributed by atoms with Crippen molar-refractivity contribution in [3.8, 4) is 11.4 Å². The van der Waals surface area contributed by atoms with Crippen molar-refractivity contribution in [3.05, 3.63) is 53.1 Å². The molecule has 26 heavy (non-hydrogen) atoms. The van der Waals surface area contributed by atoms with Crippen molar-refractivity contribution in [2.45, 2.75) is 12.1 Å². The Morgan fingerprint density at radius 2 is 2.12 bits per heavy atom. The molecular weight excluding hydrogens is 374 g/mol. The average Bonchev–Trinajstić information content (AvgIpc) is 3.11. The fourth-order valence-electron chi connectivity index (χ4n) is 2.22. The second kappa shape index (κ2) is 8.20. The van der Waals surface area contributed by atoms with Crippen LogP contribution in [-0.2, 0) is 4.79 Å². The van der Waals surface area contributed by atoms with Crippen LogP contribution in [0, 0.1) is 6.92 Å². The molecule has 7 nitrogen and oxygen atoms in total. The molecule has 1 aromatic heterocycles. The first-order chi connectivity index (χ1) is 12.6. The van der Waals surface area contributed by atoms with Gasteiger partial charge in [-0.2, -0.15) is 4.68 Å². The molecule has 0 aliphatic heterocycles. The van der Waals surface area contributed by atoms with Gasteiger partial charge in [-0.1, -0.05) is 41.6 Å². The largest absolute Gasteiger partial charge is 0.494 e. The molecule has 0 saturated carbocycles. The Kier molecular flexibility index (Phi) is 5.75. The lowest BCUT2D eigenvalue weighted by Crippen LogP contribution is -2.14. The summed E-state index contributed by atoms with van der Waals surface area (Å²) < 4.78 is 6.87. The molecule has 0 bridgehead atoms. The average molecular weight is 390 g/mol. The summed E-state index contributed by atoms with van der Waals surface area (Å²) in [5.41, 5.74) is 2.30. The number of ether oxygens (including phenoxy) is 1. The highest BCUT2D eigenvalue weighted by atomic mass is 35.5. The van der Waals surface area contributed by atoms with Gasteiger partial charge >= 0.3 is 0 Å². The first-order valence-corrected chi connectivity index (χ1v) is 9.05. The highest BCUT2D eigenvalue weighted by Crippen LogP contribution is 2.26. The van der Waals surface area contributed by atoms with Gasteiger partial charge in [0.15, 0.2) is 0 Å². The van der Waals surface area contributed by atoms with Gasteiger partial charge in [-0.15, -0.1) is 5.10 Å². The van der Waals surface area contributed by atoms with Crippen LogP contribution in [0.4, 0.5) is 5.69 Å². The normalized spacial score (nSPS) is 10.6. The fraction of sp³-hybridized carbons (Fsp3) is 0.176. The van der Waals surface area contributed by atoms with E-state index in [0.717, 1.165) is 5.56 Å². The topological polar surface area (TPSA) is 81.9 Å². The molecule has 9 heteroatoms. The van der Waals surface area contributed by atoms with Crippen LogP contribution < -0.4 is 10.1 Å². The second-order valence-corrected chi connectivity index (χ2v) is 6.70. The molecule has 0 unspecified atom stereocenters. The minimum atomic E-state index is -0.176. The number of aryl methyl sites for hydroxylation is 1. The molecule has 1 N–H and O–H groups in total. The van der Waals surface area contributed by atoms with Crippen LogP contribution in [0.25, 0.3) is 5.69 Å². The molecule has 1 heterocycles. The van der Waals surface area contributed by atoms with E-state index in [1.807, 2.05) is 43.3 Å². The molecule has 2 aromatic carbocycles. The van der Waals surface area contributed by atoms with Crippen molar-refractivity contribution in [2.75, 3.05) is 18.2 Å². The van der Waals surface area contributed by atoms with Crippen LogP contribution in [0.3, 0.4) is 0 Å². The summed E-state index contributed by atoms with van der Waals surface area (Å²) in [6.45, 7) is 1.90. The number of nitrogens with one attached hydrogen (secondary N) is 1. The maximum atomic E-state index is 12.2. The maximum Gasteiger partial charge on any atom is 0.234 e. The predicted molar refractivity (Wildman–Crippen MR) is 101 cm³/mol. The molecule has 3 rings (SSSR count). The number of nitrogens with zero attached hydrogens (tertiary/aromatic N) is 4. The number of rotatable bonds is 6. The molecule has 0 aliphatic carbocycles. The van der Waals surface area contributed by atoms with Crippen molar-refractivity contribution < 1.29 is 9.53 Å². The Balaban J connectivity index is 1.68. The molecular formula is C17H16ClN5O2S. The van der Waals surface area contributed by atoms with Crippen molar-refractivity contribution in [2.24, 2.45) is 0 Å². The first-order valence-electron chi connectivity index (χ1n) is 7.69. The van der Waals surface area contributed by atoms with Crippen LogP contribution in [0.5, 0.6) is 5.75 Å². The van der Waals surface area contributed by atoms with Gasteiger partial charge < -0.3 is 10.1 Å². The Hall–Kier alpha value is -2.58. The number of hydrogen-bond acceptors (Lipinski definition) is 6. The van der Waals surface area contributed by atoms with E-state index in [-0.39, 0.29) is 11.7 Å². The molecule has 134 valence electrons. The van der Waals surface area contributed by atoms with E-state index >= 15 is 0 Å². The molecule has 0 atom stereocenters. The maximum absolute atomic E-state index is 12.2. The summed E-state index contributed by atoms with van der Waals surface area (Å²) in [6, 6.07) is 12.8. The Morgan fingerprint density at radius 1 is 1.31 bits per heavy atom. The number of hydrogen-bond donors (Lipinski definition) is 1. The summed E-state index contributed by atoms with van der Waals surface area (Å²) in [4.78, 5) is 12.2. The van der Waals surface area contributed by atoms with E-state index in [1.165, 1.54) is 11.8 Å². The van der Waals surface area contributed by atoms with Gasteiger partial charge in [0.1, 0.15) is 11.4 Å². The van der Waals surface area contributed by atoms with Gasteiger partial charge in [0.25, 0.3) is 0 Å². The van der Waals surface area contributed by atoms with Crippen LogP contribution in [0.1, 0.15) is 5.56 Å². The Labute approximate surface area is 159 Å². The third kappa shape index (κ3) is 4.14. The standard InChI is InChI=1S/C17H16ClN5O2S/c1-11-7-8-12(9-13(11)18)19-16(24)10-26-17-20-21-22-23(17)14-5-3-4-6-15(14)25-2/h3-9H,10H2,1-2H3,(H,19,24). The number of para-hydroxylation sites is 2. The minimum Gasteiger partial charge on any atom is -0.494 e. The molecule has 0 spiro atoms. The Morgan fingerprint density at radius 3 is 2.88 bits per heavy atom. The van der Waals surface area contributed by atoms with Crippen molar-refractivity contribution in [1.82, 2.24) is 20.2 Å². The quantitative estimate of drug-likeness (QED) is 0.651. The number of halogens is 1. The minimum absolute atomic E-state index is 0.154. The van der Waals surface area contributed by atoms with Crippen molar-refractivity contribution in [1.29, 1.82) is 0 Å². The van der Waals surface area contributed by atoms with Gasteiger partial charge in [0.05, 0.1) is 12.9 Å². The van der Waals surface area contributed by atoms with Gasteiger partial charge in [0.2, 0.25) is 11.1 Å². The lowest BCUT2D eigenvalue weighted by atomic mass is 10.2. The highest BCUT2D eigenvalue weighted by Gasteiger charge is 2.14. The zero-order chi connectivity index (χ0) is 18.5. The number of anilines is 1. The number of methoxy groups -OCH3 is 1. The summed E-state index contributed by atoms with van der Waals surface area (Å²) in [7, 11) is 1.58. The number of thioether (sulfide) groups is 1. The number of carbonyl (C=O) groups is 1. The molecule has 0 saturated heterocycles. The lowest BCUT2D eigenvalue weighted by molar-refractivity contribution is -0.113. The number of carbonyl (C=O) groups excluding carboxylic acids is 1. The number of amides is 1. The van der Waals surface area contributed by atoms with Gasteiger partial charge in [-0.25, -0.2) is 0 Å². The molecule has 3 aromatic rings. The van der Waals surface area contributed by atoms with Gasteiger partial charge in [-0.05, 0) is 47.2 Å². The fourth-order valence-corrected chi connectivity index (χ4v) is 3.09. The highest BCUT2D eigenvalue weighted by molar-refractivity contribution is 7.99. The SMILES string of the molecule is COc1ccccc1-n1nnnc1SCC(=O)Nc1ccc(C)c(Cl)c1. The summed E-state index contributed by atoms with van der Waals surface area (Å²) in [5, 5.41) is 15.6. The lowest BCUT2D eigenvalue weighted by Gasteiger charge is -2.09. The first kappa shape index (κ1) is 18.2. The van der Waals surface area contributed by atoms with E-state index in [0.29, 0.717) is 27.3 Å². The monoisotopic (exact) mass is 389 g/mol. The molecule has 0 radical (unpaired) electrons. The number of tetrazole rings is 1. The third-order valence-corrected chi connectivity index (χ3v) is 4.87. The van der Waals surface area contributed by atoms with E-state index in [2.05, 4.69) is 20.8 Å². The molecule has 0 fully saturated rings. The van der Waals surface area contributed by atoms with Crippen molar-refractivity contribution in [3.63, 3.8) is 0 Å².